The Balaban J connectivity index is 1.56. The van der Waals surface area contributed by atoms with Crippen LogP contribution >= 0.6 is 34.5 Å². The summed E-state index contributed by atoms with van der Waals surface area (Å²) in [4.78, 5) is 8.53. The SMILES string of the molecule is Clc1ccc(-c2nc(-c3ccc4c(c3)sc3ccccc34)c(-c3ccccc3)[nH]2)cc1Cl. The minimum absolute atomic E-state index is 0.509. The highest BCUT2D eigenvalue weighted by Gasteiger charge is 2.17. The van der Waals surface area contributed by atoms with E-state index < -0.39 is 0 Å². The van der Waals surface area contributed by atoms with E-state index in [0.717, 1.165) is 33.9 Å². The summed E-state index contributed by atoms with van der Waals surface area (Å²) < 4.78 is 2.54. The molecule has 0 atom stereocenters. The molecule has 4 aromatic carbocycles. The van der Waals surface area contributed by atoms with Gasteiger partial charge in [0.2, 0.25) is 0 Å². The largest absolute Gasteiger partial charge is 0.337 e. The van der Waals surface area contributed by atoms with Crippen LogP contribution in [0.4, 0.5) is 0 Å². The third-order valence-corrected chi connectivity index (χ3v) is 7.48. The van der Waals surface area contributed by atoms with E-state index in [1.54, 1.807) is 6.07 Å². The molecule has 0 fully saturated rings. The van der Waals surface area contributed by atoms with Gasteiger partial charge >= 0.3 is 0 Å². The van der Waals surface area contributed by atoms with E-state index in [1.165, 1.54) is 20.2 Å². The maximum atomic E-state index is 6.28. The Kier molecular flexibility index (Phi) is 4.76. The van der Waals surface area contributed by atoms with E-state index in [0.29, 0.717) is 10.0 Å². The Hall–Kier alpha value is -3.11. The van der Waals surface area contributed by atoms with Crippen LogP contribution in [0, 0.1) is 0 Å². The fourth-order valence-electron chi connectivity index (χ4n) is 4.05. The number of nitrogens with one attached hydrogen (secondary N) is 1. The summed E-state index contributed by atoms with van der Waals surface area (Å²) in [6, 6.07) is 31.0. The maximum absolute atomic E-state index is 6.28. The first kappa shape index (κ1) is 19.6. The highest BCUT2D eigenvalue weighted by Crippen LogP contribution is 2.39. The fourth-order valence-corrected chi connectivity index (χ4v) is 5.49. The number of aromatic nitrogens is 2. The third-order valence-electron chi connectivity index (χ3n) is 5.61. The van der Waals surface area contributed by atoms with Crippen LogP contribution < -0.4 is 0 Å². The molecule has 0 radical (unpaired) electrons. The monoisotopic (exact) mass is 470 g/mol. The zero-order valence-corrected chi connectivity index (χ0v) is 19.1. The molecule has 0 unspecified atom stereocenters. The van der Waals surface area contributed by atoms with Crippen LogP contribution in [0.15, 0.2) is 91.0 Å². The van der Waals surface area contributed by atoms with E-state index >= 15 is 0 Å². The molecular weight excluding hydrogens is 455 g/mol. The predicted molar refractivity (Wildman–Crippen MR) is 138 cm³/mol. The number of nitrogens with zero attached hydrogens (tertiary/aromatic N) is 1. The van der Waals surface area contributed by atoms with Crippen LogP contribution in [-0.2, 0) is 0 Å². The van der Waals surface area contributed by atoms with Gasteiger partial charge in [0.05, 0.1) is 21.4 Å². The van der Waals surface area contributed by atoms with Gasteiger partial charge in [0, 0.05) is 36.9 Å². The summed E-state index contributed by atoms with van der Waals surface area (Å²) in [5.41, 5.74) is 4.94. The summed E-state index contributed by atoms with van der Waals surface area (Å²) in [5, 5.41) is 3.60. The molecule has 2 aromatic heterocycles. The van der Waals surface area contributed by atoms with Gasteiger partial charge < -0.3 is 4.98 Å². The van der Waals surface area contributed by atoms with Crippen molar-refractivity contribution in [2.75, 3.05) is 0 Å². The third kappa shape index (κ3) is 3.30. The second-order valence-corrected chi connectivity index (χ2v) is 9.51. The lowest BCUT2D eigenvalue weighted by Gasteiger charge is -2.03. The first-order valence-electron chi connectivity index (χ1n) is 10.2. The molecule has 0 aliphatic rings. The normalized spacial score (nSPS) is 11.4. The zero-order chi connectivity index (χ0) is 21.7. The Morgan fingerprint density at radius 1 is 0.625 bits per heavy atom. The second-order valence-electron chi connectivity index (χ2n) is 7.61. The number of imidazole rings is 1. The fraction of sp³-hybridized carbons (Fsp3) is 0. The van der Waals surface area contributed by atoms with E-state index in [-0.39, 0.29) is 0 Å². The topological polar surface area (TPSA) is 28.7 Å². The molecule has 0 spiro atoms. The van der Waals surface area contributed by atoms with Crippen molar-refractivity contribution < 1.29 is 0 Å². The first-order chi connectivity index (χ1) is 15.7. The quantitative estimate of drug-likeness (QED) is 0.274. The van der Waals surface area contributed by atoms with E-state index in [2.05, 4.69) is 59.6 Å². The van der Waals surface area contributed by atoms with Crippen LogP contribution in [0.2, 0.25) is 10.0 Å². The molecule has 154 valence electrons. The van der Waals surface area contributed by atoms with Crippen molar-refractivity contribution >= 4 is 54.7 Å². The molecule has 1 N–H and O–H groups in total. The van der Waals surface area contributed by atoms with Crippen LogP contribution in [0.5, 0.6) is 0 Å². The predicted octanol–water partition coefficient (Wildman–Crippen LogP) is 9.09. The highest BCUT2D eigenvalue weighted by molar-refractivity contribution is 7.25. The molecule has 0 saturated carbocycles. The second kappa shape index (κ2) is 7.79. The lowest BCUT2D eigenvalue weighted by atomic mass is 10.0. The molecule has 0 aliphatic carbocycles. The van der Waals surface area contributed by atoms with Gasteiger partial charge in [0.15, 0.2) is 0 Å². The molecule has 5 heteroatoms. The van der Waals surface area contributed by atoms with Crippen LogP contribution in [0.1, 0.15) is 0 Å². The summed E-state index contributed by atoms with van der Waals surface area (Å²) in [6.45, 7) is 0. The Bertz CT molecular complexity index is 1600. The van der Waals surface area contributed by atoms with Gasteiger partial charge in [-0.05, 0) is 30.3 Å². The summed E-state index contributed by atoms with van der Waals surface area (Å²) in [5.74, 6) is 0.758. The van der Waals surface area contributed by atoms with Crippen molar-refractivity contribution in [3.8, 4) is 33.9 Å². The van der Waals surface area contributed by atoms with Gasteiger partial charge in [-0.2, -0.15) is 0 Å². The standard InChI is InChI=1S/C27H16Cl2N2S/c28-21-13-11-18(14-22(21)29)27-30-25(16-6-2-1-3-7-16)26(31-27)17-10-12-20-19-8-4-5-9-23(19)32-24(20)15-17/h1-15H,(H,30,31). The average Bonchev–Trinajstić information content (AvgIpc) is 3.43. The summed E-state index contributed by atoms with van der Waals surface area (Å²) in [6.07, 6.45) is 0. The summed E-state index contributed by atoms with van der Waals surface area (Å²) in [7, 11) is 0. The molecule has 0 bridgehead atoms. The molecule has 6 rings (SSSR count). The van der Waals surface area contributed by atoms with Crippen molar-refractivity contribution in [2.24, 2.45) is 0 Å². The maximum Gasteiger partial charge on any atom is 0.138 e. The van der Waals surface area contributed by atoms with Crippen molar-refractivity contribution in [1.29, 1.82) is 0 Å². The lowest BCUT2D eigenvalue weighted by Crippen LogP contribution is -1.83. The zero-order valence-electron chi connectivity index (χ0n) is 16.8. The Morgan fingerprint density at radius 3 is 2.22 bits per heavy atom. The number of thiophene rings is 1. The molecule has 2 heterocycles. The number of hydrogen-bond acceptors (Lipinski definition) is 2. The van der Waals surface area contributed by atoms with Gasteiger partial charge in [0.25, 0.3) is 0 Å². The van der Waals surface area contributed by atoms with E-state index in [1.807, 2.05) is 41.7 Å². The molecule has 32 heavy (non-hydrogen) atoms. The van der Waals surface area contributed by atoms with Gasteiger partial charge in [-0.25, -0.2) is 4.98 Å². The Labute approximate surface area is 199 Å². The average molecular weight is 471 g/mol. The minimum atomic E-state index is 0.509. The van der Waals surface area contributed by atoms with Gasteiger partial charge in [-0.1, -0.05) is 83.9 Å². The number of H-pyrrole nitrogens is 1. The van der Waals surface area contributed by atoms with Crippen LogP contribution in [0.25, 0.3) is 54.1 Å². The van der Waals surface area contributed by atoms with Gasteiger partial charge in [0.1, 0.15) is 5.82 Å². The molecular formula is C27H16Cl2N2S. The number of aromatic amines is 1. The van der Waals surface area contributed by atoms with Crippen molar-refractivity contribution in [1.82, 2.24) is 9.97 Å². The van der Waals surface area contributed by atoms with Crippen molar-refractivity contribution in [3.05, 3.63) is 101 Å². The number of fused-ring (bicyclic) bond motifs is 3. The Morgan fingerprint density at radius 2 is 1.38 bits per heavy atom. The smallest absolute Gasteiger partial charge is 0.138 e. The summed E-state index contributed by atoms with van der Waals surface area (Å²) >= 11 is 14.2. The van der Waals surface area contributed by atoms with Gasteiger partial charge in [-0.3, -0.25) is 0 Å². The first-order valence-corrected chi connectivity index (χ1v) is 11.8. The van der Waals surface area contributed by atoms with Gasteiger partial charge in [-0.15, -0.1) is 11.3 Å². The molecule has 6 aromatic rings. The molecule has 2 nitrogen and oxygen atoms in total. The van der Waals surface area contributed by atoms with E-state index in [9.17, 15) is 0 Å². The van der Waals surface area contributed by atoms with Crippen LogP contribution in [-0.4, -0.2) is 9.97 Å². The minimum Gasteiger partial charge on any atom is -0.337 e. The lowest BCUT2D eigenvalue weighted by molar-refractivity contribution is 1.31. The number of halogens is 2. The molecule has 0 aliphatic heterocycles. The van der Waals surface area contributed by atoms with Crippen molar-refractivity contribution in [3.63, 3.8) is 0 Å². The van der Waals surface area contributed by atoms with Crippen LogP contribution in [0.3, 0.4) is 0 Å². The molecule has 0 amide bonds. The number of benzene rings is 4. The number of rotatable bonds is 3. The number of hydrogen-bond donors (Lipinski definition) is 1. The molecule has 0 saturated heterocycles. The van der Waals surface area contributed by atoms with Crippen molar-refractivity contribution in [2.45, 2.75) is 0 Å². The highest BCUT2D eigenvalue weighted by atomic mass is 35.5. The van der Waals surface area contributed by atoms with E-state index in [4.69, 9.17) is 28.2 Å².